The normalized spacial score (nSPS) is 22.6. The van der Waals surface area contributed by atoms with E-state index in [0.717, 1.165) is 29.8 Å². The molecule has 1 aliphatic heterocycles. The molecular formula is C20H23FN2OS. The van der Waals surface area contributed by atoms with Gasteiger partial charge in [0.15, 0.2) is 0 Å². The molecule has 0 bridgehead atoms. The minimum Gasteiger partial charge on any atom is -0.353 e. The monoisotopic (exact) mass is 358 g/mol. The van der Waals surface area contributed by atoms with E-state index in [2.05, 4.69) is 31.4 Å². The van der Waals surface area contributed by atoms with Crippen molar-refractivity contribution < 1.29 is 9.18 Å². The third kappa shape index (κ3) is 2.84. The van der Waals surface area contributed by atoms with E-state index in [1.807, 2.05) is 0 Å². The fourth-order valence-electron chi connectivity index (χ4n) is 3.90. The predicted molar refractivity (Wildman–Crippen MR) is 99.5 cm³/mol. The molecule has 2 aliphatic rings. The summed E-state index contributed by atoms with van der Waals surface area (Å²) in [4.78, 5) is 14.0. The Kier molecular flexibility index (Phi) is 3.87. The molecule has 0 spiro atoms. The van der Waals surface area contributed by atoms with E-state index < -0.39 is 6.17 Å². The number of benzene rings is 1. The van der Waals surface area contributed by atoms with Crippen LogP contribution in [0, 0.1) is 17.2 Å². The van der Waals surface area contributed by atoms with Gasteiger partial charge in [0.05, 0.1) is 5.56 Å². The van der Waals surface area contributed by atoms with Crippen LogP contribution in [0.1, 0.15) is 59.7 Å². The third-order valence-corrected chi connectivity index (χ3v) is 6.67. The van der Waals surface area contributed by atoms with Gasteiger partial charge in [-0.05, 0) is 42.2 Å². The Balaban J connectivity index is 1.67. The number of amides is 1. The molecule has 25 heavy (non-hydrogen) atoms. The van der Waals surface area contributed by atoms with Crippen LogP contribution in [-0.4, -0.2) is 5.91 Å². The first-order valence-electron chi connectivity index (χ1n) is 8.81. The summed E-state index contributed by atoms with van der Waals surface area (Å²) in [5, 5.41) is 7.15. The summed E-state index contributed by atoms with van der Waals surface area (Å²) < 4.78 is 14.1. The van der Waals surface area contributed by atoms with E-state index >= 15 is 0 Å². The number of hydrogen-bond donors (Lipinski definition) is 2. The summed E-state index contributed by atoms with van der Waals surface area (Å²) in [5.41, 5.74) is 2.71. The zero-order valence-corrected chi connectivity index (χ0v) is 15.6. The summed E-state index contributed by atoms with van der Waals surface area (Å²) in [6.07, 6.45) is 2.57. The van der Waals surface area contributed by atoms with Gasteiger partial charge in [0.25, 0.3) is 5.91 Å². The van der Waals surface area contributed by atoms with Gasteiger partial charge in [-0.2, -0.15) is 0 Å². The van der Waals surface area contributed by atoms with Crippen LogP contribution in [0.4, 0.5) is 9.39 Å². The maximum Gasteiger partial charge on any atom is 0.256 e. The Bertz CT molecular complexity index is 837. The molecule has 0 saturated carbocycles. The average Bonchev–Trinajstić information content (AvgIpc) is 2.92. The summed E-state index contributed by atoms with van der Waals surface area (Å²) in [6, 6.07) is 6.58. The first-order chi connectivity index (χ1) is 11.8. The van der Waals surface area contributed by atoms with Gasteiger partial charge in [0.2, 0.25) is 0 Å². The number of carbonyl (C=O) groups is 1. The molecule has 5 heteroatoms. The number of nitrogens with one attached hydrogen (secondary N) is 2. The molecular weight excluding hydrogens is 335 g/mol. The van der Waals surface area contributed by atoms with Gasteiger partial charge in [-0.1, -0.05) is 39.0 Å². The van der Waals surface area contributed by atoms with Crippen molar-refractivity contribution in [3.8, 4) is 0 Å². The van der Waals surface area contributed by atoms with Crippen LogP contribution in [0.25, 0.3) is 0 Å². The fraction of sp³-hybridized carbons (Fsp3) is 0.450. The lowest BCUT2D eigenvalue weighted by Gasteiger charge is -2.34. The summed E-state index contributed by atoms with van der Waals surface area (Å²) >= 11 is 1.67. The first kappa shape index (κ1) is 16.6. The molecule has 2 aromatic rings. The molecule has 1 aromatic carbocycles. The van der Waals surface area contributed by atoms with Crippen LogP contribution in [0.3, 0.4) is 0 Å². The van der Waals surface area contributed by atoms with Crippen LogP contribution in [-0.2, 0) is 12.8 Å². The number of halogens is 1. The molecule has 2 atom stereocenters. The molecule has 4 rings (SSSR count). The molecule has 2 heterocycles. The van der Waals surface area contributed by atoms with Crippen molar-refractivity contribution in [2.45, 2.75) is 46.2 Å². The standard InChI is InChI=1S/C20H23FN2OS/c1-20(2,3)11-8-9-13-15(10-11)25-19-16(13)18(24)22-17(23-19)12-6-4-5-7-14(12)21/h4-7,11,17,23H,8-10H2,1-3H3,(H,22,24)/t11-,17+/m1/s1. The highest BCUT2D eigenvalue weighted by Gasteiger charge is 2.36. The van der Waals surface area contributed by atoms with Crippen molar-refractivity contribution in [1.29, 1.82) is 0 Å². The molecule has 132 valence electrons. The van der Waals surface area contributed by atoms with Crippen molar-refractivity contribution in [3.63, 3.8) is 0 Å². The second-order valence-corrected chi connectivity index (χ2v) is 9.19. The van der Waals surface area contributed by atoms with Gasteiger partial charge in [-0.3, -0.25) is 4.79 Å². The molecule has 0 fully saturated rings. The second-order valence-electron chi connectivity index (χ2n) is 8.09. The lowest BCUT2D eigenvalue weighted by molar-refractivity contribution is 0.0934. The van der Waals surface area contributed by atoms with E-state index in [9.17, 15) is 9.18 Å². The van der Waals surface area contributed by atoms with Gasteiger partial charge < -0.3 is 10.6 Å². The molecule has 0 unspecified atom stereocenters. The number of rotatable bonds is 1. The number of thiophene rings is 1. The largest absolute Gasteiger partial charge is 0.353 e. The van der Waals surface area contributed by atoms with Crippen LogP contribution < -0.4 is 10.6 Å². The zero-order valence-electron chi connectivity index (χ0n) is 14.8. The van der Waals surface area contributed by atoms with E-state index in [0.29, 0.717) is 11.5 Å². The third-order valence-electron chi connectivity index (χ3n) is 5.48. The van der Waals surface area contributed by atoms with Gasteiger partial charge >= 0.3 is 0 Å². The Labute approximate surface area is 151 Å². The quantitative estimate of drug-likeness (QED) is 0.762. The van der Waals surface area contributed by atoms with E-state index in [4.69, 9.17) is 0 Å². The summed E-state index contributed by atoms with van der Waals surface area (Å²) in [5.74, 6) is 0.233. The van der Waals surface area contributed by atoms with Gasteiger partial charge in [-0.25, -0.2) is 4.39 Å². The zero-order chi connectivity index (χ0) is 17.8. The Morgan fingerprint density at radius 1 is 1.20 bits per heavy atom. The average molecular weight is 358 g/mol. The summed E-state index contributed by atoms with van der Waals surface area (Å²) in [7, 11) is 0. The predicted octanol–water partition coefficient (Wildman–Crippen LogP) is 4.89. The fourth-order valence-corrected chi connectivity index (χ4v) is 5.26. The van der Waals surface area contributed by atoms with Gasteiger partial charge in [0, 0.05) is 10.4 Å². The smallest absolute Gasteiger partial charge is 0.256 e. The van der Waals surface area contributed by atoms with Crippen molar-refractivity contribution in [1.82, 2.24) is 5.32 Å². The van der Waals surface area contributed by atoms with Crippen molar-refractivity contribution in [3.05, 3.63) is 51.7 Å². The molecule has 0 saturated heterocycles. The molecule has 1 aliphatic carbocycles. The van der Waals surface area contributed by atoms with Gasteiger partial charge in [0.1, 0.15) is 17.0 Å². The van der Waals surface area contributed by atoms with Crippen molar-refractivity contribution >= 4 is 22.2 Å². The highest BCUT2D eigenvalue weighted by molar-refractivity contribution is 7.16. The minimum absolute atomic E-state index is 0.0892. The summed E-state index contributed by atoms with van der Waals surface area (Å²) in [6.45, 7) is 6.86. The van der Waals surface area contributed by atoms with E-state index in [-0.39, 0.29) is 17.1 Å². The first-order valence-corrected chi connectivity index (χ1v) is 9.62. The maximum absolute atomic E-state index is 14.1. The molecule has 2 N–H and O–H groups in total. The van der Waals surface area contributed by atoms with E-state index in [1.54, 1.807) is 29.5 Å². The topological polar surface area (TPSA) is 41.1 Å². The number of anilines is 1. The SMILES string of the molecule is CC(C)(C)[C@@H]1CCc2c(sc3c2C(=O)N[C@H](c2ccccc2F)N3)C1. The van der Waals surface area contributed by atoms with Crippen molar-refractivity contribution in [2.75, 3.05) is 5.32 Å². The molecule has 1 aromatic heterocycles. The number of fused-ring (bicyclic) bond motifs is 3. The maximum atomic E-state index is 14.1. The Morgan fingerprint density at radius 3 is 2.68 bits per heavy atom. The second kappa shape index (κ2) is 5.84. The lowest BCUT2D eigenvalue weighted by atomic mass is 9.72. The van der Waals surface area contributed by atoms with Crippen LogP contribution in [0.5, 0.6) is 0 Å². The van der Waals surface area contributed by atoms with Crippen LogP contribution >= 0.6 is 11.3 Å². The van der Waals surface area contributed by atoms with E-state index in [1.165, 1.54) is 16.5 Å². The lowest BCUT2D eigenvalue weighted by Crippen LogP contribution is -2.38. The highest BCUT2D eigenvalue weighted by atomic mass is 32.1. The van der Waals surface area contributed by atoms with Gasteiger partial charge in [-0.15, -0.1) is 11.3 Å². The van der Waals surface area contributed by atoms with Crippen LogP contribution in [0.2, 0.25) is 0 Å². The highest BCUT2D eigenvalue weighted by Crippen LogP contribution is 2.46. The Hall–Kier alpha value is -1.88. The number of carbonyl (C=O) groups excluding carboxylic acids is 1. The molecule has 0 radical (unpaired) electrons. The Morgan fingerprint density at radius 2 is 1.96 bits per heavy atom. The van der Waals surface area contributed by atoms with Crippen LogP contribution in [0.15, 0.2) is 24.3 Å². The molecule has 3 nitrogen and oxygen atoms in total. The number of hydrogen-bond acceptors (Lipinski definition) is 3. The minimum atomic E-state index is -0.514. The van der Waals surface area contributed by atoms with Crippen molar-refractivity contribution in [2.24, 2.45) is 11.3 Å². The molecule has 1 amide bonds.